The first-order valence-corrected chi connectivity index (χ1v) is 7.14. The van der Waals surface area contributed by atoms with Crippen LogP contribution in [0.15, 0.2) is 11.1 Å². The summed E-state index contributed by atoms with van der Waals surface area (Å²) in [7, 11) is 0. The van der Waals surface area contributed by atoms with E-state index in [-0.39, 0.29) is 10.8 Å². The Balaban J connectivity index is 2.30. The van der Waals surface area contributed by atoms with Crippen LogP contribution in [0.1, 0.15) is 66.2 Å². The summed E-state index contributed by atoms with van der Waals surface area (Å²) in [5.41, 5.74) is 3.42. The molecular formula is C16H26O2. The number of hydrogen-bond acceptors (Lipinski definition) is 1. The molecule has 0 saturated heterocycles. The summed E-state index contributed by atoms with van der Waals surface area (Å²) in [4.78, 5) is 11.2. The number of aliphatic carboxylic acids is 1. The van der Waals surface area contributed by atoms with Gasteiger partial charge in [0.05, 0.1) is 0 Å². The van der Waals surface area contributed by atoms with Crippen molar-refractivity contribution < 1.29 is 9.90 Å². The minimum Gasteiger partial charge on any atom is -0.481 e. The lowest BCUT2D eigenvalue weighted by Gasteiger charge is -2.51. The molecule has 2 rings (SSSR count). The van der Waals surface area contributed by atoms with Gasteiger partial charge in [0.1, 0.15) is 0 Å². The van der Waals surface area contributed by atoms with Crippen LogP contribution in [0.3, 0.4) is 0 Å². The molecule has 2 nitrogen and oxygen atoms in total. The largest absolute Gasteiger partial charge is 0.481 e. The third-order valence-electron chi connectivity index (χ3n) is 5.52. The maximum Gasteiger partial charge on any atom is 0.303 e. The van der Waals surface area contributed by atoms with Crippen molar-refractivity contribution in [2.75, 3.05) is 0 Å². The van der Waals surface area contributed by atoms with E-state index >= 15 is 0 Å². The molecule has 102 valence electrons. The fourth-order valence-corrected chi connectivity index (χ4v) is 4.58. The zero-order valence-electron chi connectivity index (χ0n) is 12.2. The highest BCUT2D eigenvalue weighted by Crippen LogP contribution is 2.60. The number of carboxylic acids is 1. The van der Waals surface area contributed by atoms with Gasteiger partial charge in [0.2, 0.25) is 0 Å². The molecule has 0 bridgehead atoms. The van der Waals surface area contributed by atoms with Crippen LogP contribution in [-0.2, 0) is 4.79 Å². The van der Waals surface area contributed by atoms with Gasteiger partial charge in [-0.15, -0.1) is 0 Å². The normalized spacial score (nSPS) is 29.9. The van der Waals surface area contributed by atoms with Crippen LogP contribution in [0.2, 0.25) is 0 Å². The van der Waals surface area contributed by atoms with Crippen molar-refractivity contribution >= 4 is 5.97 Å². The molecule has 0 radical (unpaired) electrons. The number of carbonyl (C=O) groups is 1. The van der Waals surface area contributed by atoms with Gasteiger partial charge in [-0.2, -0.15) is 0 Å². The van der Waals surface area contributed by atoms with E-state index in [1.54, 1.807) is 0 Å². The molecule has 1 unspecified atom stereocenters. The fraction of sp³-hybridized carbons (Fsp3) is 0.812. The number of hydrogen-bond donors (Lipinski definition) is 1. The topological polar surface area (TPSA) is 37.3 Å². The summed E-state index contributed by atoms with van der Waals surface area (Å²) in [5.74, 6) is -0.305. The highest BCUT2D eigenvalue weighted by Gasteiger charge is 2.51. The second-order valence-corrected chi connectivity index (χ2v) is 7.27. The Hall–Kier alpha value is -0.790. The van der Waals surface area contributed by atoms with Gasteiger partial charge in [0.15, 0.2) is 0 Å². The van der Waals surface area contributed by atoms with Crippen LogP contribution >= 0.6 is 0 Å². The predicted molar refractivity (Wildman–Crippen MR) is 73.4 cm³/mol. The lowest BCUT2D eigenvalue weighted by atomic mass is 9.53. The molecule has 0 aromatic rings. The summed E-state index contributed by atoms with van der Waals surface area (Å²) in [6.45, 7) is 8.99. The number of rotatable bonds is 2. The Kier molecular flexibility index (Phi) is 3.33. The zero-order chi connectivity index (χ0) is 13.6. The first-order valence-electron chi connectivity index (χ1n) is 7.14. The van der Waals surface area contributed by atoms with Gasteiger partial charge >= 0.3 is 5.97 Å². The lowest BCUT2D eigenvalue weighted by Crippen LogP contribution is -2.44. The Morgan fingerprint density at radius 3 is 2.28 bits per heavy atom. The van der Waals surface area contributed by atoms with Gasteiger partial charge < -0.3 is 5.11 Å². The maximum absolute atomic E-state index is 11.2. The second-order valence-electron chi connectivity index (χ2n) is 7.27. The van der Waals surface area contributed by atoms with Gasteiger partial charge in [-0.25, -0.2) is 0 Å². The van der Waals surface area contributed by atoms with E-state index in [9.17, 15) is 9.90 Å². The Morgan fingerprint density at radius 2 is 1.78 bits per heavy atom. The Bertz CT molecular complexity index is 376. The van der Waals surface area contributed by atoms with Crippen LogP contribution in [0, 0.1) is 16.7 Å². The highest BCUT2D eigenvalue weighted by molar-refractivity contribution is 5.67. The summed E-state index contributed by atoms with van der Waals surface area (Å²) >= 11 is 0. The molecular weight excluding hydrogens is 224 g/mol. The molecule has 0 aromatic carbocycles. The van der Waals surface area contributed by atoms with Crippen LogP contribution in [0.25, 0.3) is 0 Å². The molecule has 1 spiro atoms. The molecule has 0 heterocycles. The minimum absolute atomic E-state index is 0.168. The molecule has 1 N–H and O–H groups in total. The van der Waals surface area contributed by atoms with Crippen LogP contribution in [0.5, 0.6) is 0 Å². The van der Waals surface area contributed by atoms with E-state index in [0.717, 1.165) is 12.8 Å². The first-order chi connectivity index (χ1) is 8.27. The van der Waals surface area contributed by atoms with Crippen molar-refractivity contribution in [2.45, 2.75) is 66.2 Å². The van der Waals surface area contributed by atoms with Crippen molar-refractivity contribution in [1.82, 2.24) is 0 Å². The van der Waals surface area contributed by atoms with E-state index in [1.807, 2.05) is 0 Å². The maximum atomic E-state index is 11.2. The molecule has 1 atom stereocenters. The highest BCUT2D eigenvalue weighted by atomic mass is 16.4. The van der Waals surface area contributed by atoms with Gasteiger partial charge in [-0.1, -0.05) is 31.4 Å². The Labute approximate surface area is 110 Å². The van der Waals surface area contributed by atoms with Crippen LogP contribution in [-0.4, -0.2) is 11.1 Å². The molecule has 1 fully saturated rings. The number of allylic oxidation sites excluding steroid dienone is 2. The molecule has 18 heavy (non-hydrogen) atoms. The summed E-state index contributed by atoms with van der Waals surface area (Å²) < 4.78 is 0. The van der Waals surface area contributed by atoms with Crippen molar-refractivity contribution in [2.24, 2.45) is 16.7 Å². The third kappa shape index (κ3) is 2.22. The molecule has 2 aliphatic rings. The van der Waals surface area contributed by atoms with E-state index in [2.05, 4.69) is 27.7 Å². The predicted octanol–water partition coefficient (Wildman–Crippen LogP) is 4.40. The van der Waals surface area contributed by atoms with Crippen LogP contribution in [0.4, 0.5) is 0 Å². The van der Waals surface area contributed by atoms with Gasteiger partial charge in [0, 0.05) is 6.42 Å². The van der Waals surface area contributed by atoms with E-state index in [4.69, 9.17) is 0 Å². The Morgan fingerprint density at radius 1 is 1.22 bits per heavy atom. The third-order valence-corrected chi connectivity index (χ3v) is 5.52. The monoisotopic (exact) mass is 250 g/mol. The zero-order valence-corrected chi connectivity index (χ0v) is 12.2. The standard InChI is InChI=1S/C16H26O2/c1-11-9-16(10-12(11)2)7-5-6-15(3,4)13(16)8-14(17)18/h13H,5-10H2,1-4H3,(H,17,18). The summed E-state index contributed by atoms with van der Waals surface area (Å²) in [5, 5.41) is 9.26. The van der Waals surface area contributed by atoms with Crippen molar-refractivity contribution in [3.63, 3.8) is 0 Å². The second kappa shape index (κ2) is 4.40. The van der Waals surface area contributed by atoms with E-state index < -0.39 is 5.97 Å². The van der Waals surface area contributed by atoms with Crippen molar-refractivity contribution in [3.8, 4) is 0 Å². The summed E-state index contributed by atoms with van der Waals surface area (Å²) in [6, 6.07) is 0. The minimum atomic E-state index is -0.628. The average molecular weight is 250 g/mol. The average Bonchev–Trinajstić information content (AvgIpc) is 2.49. The molecule has 0 aromatic heterocycles. The van der Waals surface area contributed by atoms with Crippen molar-refractivity contribution in [1.29, 1.82) is 0 Å². The first kappa shape index (κ1) is 13.6. The number of carboxylic acid groups (broad SMARTS) is 1. The van der Waals surface area contributed by atoms with Crippen LogP contribution < -0.4 is 0 Å². The van der Waals surface area contributed by atoms with E-state index in [1.165, 1.54) is 30.4 Å². The molecule has 0 amide bonds. The van der Waals surface area contributed by atoms with Gasteiger partial charge in [-0.3, -0.25) is 4.79 Å². The van der Waals surface area contributed by atoms with Crippen molar-refractivity contribution in [3.05, 3.63) is 11.1 Å². The molecule has 1 saturated carbocycles. The summed E-state index contributed by atoms with van der Waals surface area (Å²) in [6.07, 6.45) is 6.23. The molecule has 0 aliphatic heterocycles. The quantitative estimate of drug-likeness (QED) is 0.737. The SMILES string of the molecule is CC1=C(C)CC2(CCCC(C)(C)C2CC(=O)O)C1. The lowest BCUT2D eigenvalue weighted by molar-refractivity contribution is -0.142. The smallest absolute Gasteiger partial charge is 0.303 e. The molecule has 2 heteroatoms. The fourth-order valence-electron chi connectivity index (χ4n) is 4.58. The van der Waals surface area contributed by atoms with Gasteiger partial charge in [0.25, 0.3) is 0 Å². The van der Waals surface area contributed by atoms with Gasteiger partial charge in [-0.05, 0) is 56.3 Å². The molecule has 2 aliphatic carbocycles. The van der Waals surface area contributed by atoms with E-state index in [0.29, 0.717) is 12.3 Å².